The molecule has 0 fully saturated rings. The van der Waals surface area contributed by atoms with Crippen LogP contribution in [0.25, 0.3) is 0 Å². The molecule has 2 heterocycles. The van der Waals surface area contributed by atoms with E-state index in [9.17, 15) is 0 Å². The first kappa shape index (κ1) is 48.9. The number of H-pyrrole nitrogens is 2. The standard InChI is InChI=1S/C30H29N2PS.C27H31N2PS.BrH/c1-23-18-20-28(21-19-23)33(26-14-8-4-9-15-26,27-16-10-5-11-17-27)29-24(2)31-30(32-29)34-22-25-12-6-3-7-13-25;1-4-5-20-31-27-28-22(3)26(29-27)30(23-12-8-6-9-13-23,24-14-10-7-11-15-24)25-18-16-21(2)17-19-25;/h3-21,33H,22H2,1-2H3,(H,31,32);6-19,30H,4-5,20H2,1-3H3,(H,28,29);1H. The number of thioether (sulfide) groups is 2. The fourth-order valence-electron chi connectivity index (χ4n) is 8.95. The quantitative estimate of drug-likeness (QED) is 0.0610. The van der Waals surface area contributed by atoms with Gasteiger partial charge in [-0.05, 0) is 0 Å². The van der Waals surface area contributed by atoms with Crippen molar-refractivity contribution in [3.05, 3.63) is 228 Å². The molecule has 0 atom stereocenters. The van der Waals surface area contributed by atoms with E-state index in [1.165, 1.54) is 77.9 Å². The minimum atomic E-state index is -2.61. The molecule has 0 bridgehead atoms. The Morgan fingerprint density at radius 1 is 0.409 bits per heavy atom. The second-order valence-electron chi connectivity index (χ2n) is 16.7. The molecule has 2 N–H and O–H groups in total. The molecule has 0 aliphatic rings. The summed E-state index contributed by atoms with van der Waals surface area (Å²) >= 11 is 3.61. The van der Waals surface area contributed by atoms with E-state index in [-0.39, 0.29) is 17.0 Å². The molecule has 0 saturated carbocycles. The third-order valence-corrected chi connectivity index (χ3v) is 23.7. The van der Waals surface area contributed by atoms with Crippen molar-refractivity contribution in [2.24, 2.45) is 0 Å². The number of rotatable bonds is 15. The number of nitrogens with one attached hydrogen (secondary N) is 2. The molecule has 9 heteroatoms. The maximum atomic E-state index is 5.32. The van der Waals surface area contributed by atoms with Crippen LogP contribution in [-0.2, 0) is 5.75 Å². The van der Waals surface area contributed by atoms with Gasteiger partial charge in [-0.15, -0.1) is 17.0 Å². The Hall–Kier alpha value is -5.00. The van der Waals surface area contributed by atoms with E-state index < -0.39 is 14.5 Å². The van der Waals surface area contributed by atoms with Crippen LogP contribution in [-0.4, -0.2) is 25.7 Å². The van der Waals surface area contributed by atoms with Crippen molar-refractivity contribution in [1.82, 2.24) is 19.9 Å². The summed E-state index contributed by atoms with van der Waals surface area (Å²) in [5.41, 5.74) is 8.58. The second-order valence-corrected chi connectivity index (χ2v) is 26.2. The van der Waals surface area contributed by atoms with Gasteiger partial charge < -0.3 is 0 Å². The van der Waals surface area contributed by atoms with Gasteiger partial charge in [0.05, 0.1) is 0 Å². The average molecular weight is 1010 g/mol. The Balaban J connectivity index is 0.000000194. The van der Waals surface area contributed by atoms with Gasteiger partial charge in [0.2, 0.25) is 0 Å². The van der Waals surface area contributed by atoms with E-state index in [0.717, 1.165) is 27.5 Å². The molecule has 0 saturated heterocycles. The van der Waals surface area contributed by atoms with Gasteiger partial charge in [-0.25, -0.2) is 0 Å². The Morgan fingerprint density at radius 2 is 0.727 bits per heavy atom. The van der Waals surface area contributed by atoms with Crippen molar-refractivity contribution in [1.29, 1.82) is 0 Å². The van der Waals surface area contributed by atoms with Crippen molar-refractivity contribution in [3.63, 3.8) is 0 Å². The number of unbranched alkanes of at least 4 members (excludes halogenated alkanes) is 1. The first-order chi connectivity index (χ1) is 31.8. The van der Waals surface area contributed by atoms with Gasteiger partial charge in [-0.1, -0.05) is 0 Å². The number of aryl methyl sites for hydroxylation is 4. The Kier molecular flexibility index (Phi) is 17.2. The van der Waals surface area contributed by atoms with E-state index in [2.05, 4.69) is 245 Å². The van der Waals surface area contributed by atoms with Crippen molar-refractivity contribution in [2.75, 3.05) is 5.75 Å². The number of nitrogens with zero attached hydrogens (tertiary/aromatic N) is 2. The number of benzene rings is 7. The van der Waals surface area contributed by atoms with Crippen molar-refractivity contribution < 1.29 is 0 Å². The first-order valence-corrected chi connectivity index (χ1v) is 28.6. The van der Waals surface area contributed by atoms with Crippen LogP contribution in [0.15, 0.2) is 211 Å². The summed E-state index contributed by atoms with van der Waals surface area (Å²) in [6, 6.07) is 72.7. The fourth-order valence-corrected chi connectivity index (χ4v) is 20.6. The van der Waals surface area contributed by atoms with E-state index >= 15 is 0 Å². The molecule has 7 aromatic carbocycles. The van der Waals surface area contributed by atoms with E-state index in [1.54, 1.807) is 11.8 Å². The first-order valence-electron chi connectivity index (χ1n) is 22.6. The summed E-state index contributed by atoms with van der Waals surface area (Å²) in [5, 5.41) is 10.2. The molecule has 2 aromatic heterocycles. The molecule has 9 rings (SSSR count). The van der Waals surface area contributed by atoms with Crippen LogP contribution in [0.5, 0.6) is 0 Å². The number of aromatic nitrogens is 4. The summed E-state index contributed by atoms with van der Waals surface area (Å²) in [7, 11) is -5.16. The van der Waals surface area contributed by atoms with E-state index in [0.29, 0.717) is 0 Å². The normalized spacial score (nSPS) is 11.8. The molecule has 0 aliphatic heterocycles. The van der Waals surface area contributed by atoms with Gasteiger partial charge in [0.25, 0.3) is 0 Å². The summed E-state index contributed by atoms with van der Waals surface area (Å²) in [6.45, 7) is 10.9. The molecule has 9 aromatic rings. The van der Waals surface area contributed by atoms with E-state index in [4.69, 9.17) is 9.97 Å². The second kappa shape index (κ2) is 23.1. The minimum absolute atomic E-state index is 0. The van der Waals surface area contributed by atoms with Crippen molar-refractivity contribution in [3.8, 4) is 0 Å². The van der Waals surface area contributed by atoms with Crippen LogP contribution < -0.4 is 42.7 Å². The van der Waals surface area contributed by atoms with Gasteiger partial charge >= 0.3 is 398 Å². The van der Waals surface area contributed by atoms with Crippen LogP contribution in [0.4, 0.5) is 0 Å². The van der Waals surface area contributed by atoms with E-state index in [1.807, 2.05) is 11.8 Å². The number of hydrogen-bond acceptors (Lipinski definition) is 4. The topological polar surface area (TPSA) is 57.4 Å². The summed E-state index contributed by atoms with van der Waals surface area (Å²) in [6.07, 6.45) is 2.41. The fraction of sp³-hybridized carbons (Fsp3) is 0.158. The Bertz CT molecular complexity index is 2780. The molecular weight excluding hydrogens is 947 g/mol. The predicted molar refractivity (Wildman–Crippen MR) is 300 cm³/mol. The third kappa shape index (κ3) is 10.6. The van der Waals surface area contributed by atoms with Crippen LogP contribution in [0.3, 0.4) is 0 Å². The van der Waals surface area contributed by atoms with Crippen molar-refractivity contribution >= 4 is 97.7 Å². The molecule has 0 aliphatic carbocycles. The van der Waals surface area contributed by atoms with Gasteiger partial charge in [0.1, 0.15) is 0 Å². The number of aromatic amines is 2. The van der Waals surface area contributed by atoms with Crippen LogP contribution >= 0.6 is 55.0 Å². The molecule has 0 spiro atoms. The predicted octanol–water partition coefficient (Wildman–Crippen LogP) is 11.5. The molecule has 0 radical (unpaired) electrons. The molecule has 338 valence electrons. The summed E-state index contributed by atoms with van der Waals surface area (Å²) < 4.78 is 0. The third-order valence-electron chi connectivity index (χ3n) is 12.2. The number of hydrogen-bond donors (Lipinski definition) is 2. The van der Waals surface area contributed by atoms with Crippen molar-refractivity contribution in [2.45, 2.75) is 63.5 Å². The number of imidazole rings is 2. The van der Waals surface area contributed by atoms with Crippen LogP contribution in [0.2, 0.25) is 0 Å². The zero-order valence-electron chi connectivity index (χ0n) is 38.5. The van der Waals surface area contributed by atoms with Gasteiger partial charge in [0, 0.05) is 0 Å². The average Bonchev–Trinajstić information content (AvgIpc) is 3.92. The Labute approximate surface area is 412 Å². The molecule has 0 amide bonds. The number of halogens is 1. The summed E-state index contributed by atoms with van der Waals surface area (Å²) in [4.78, 5) is 17.8. The van der Waals surface area contributed by atoms with Crippen LogP contribution in [0.1, 0.15) is 47.8 Å². The summed E-state index contributed by atoms with van der Waals surface area (Å²) in [5.74, 6) is 1.99. The Morgan fingerprint density at radius 3 is 1.08 bits per heavy atom. The molecule has 4 nitrogen and oxygen atoms in total. The maximum absolute atomic E-state index is 5.32. The molecule has 66 heavy (non-hydrogen) atoms. The molecule has 0 unspecified atom stereocenters. The zero-order valence-corrected chi connectivity index (χ0v) is 43.8. The molecular formula is C57H61BrN4P2S2. The van der Waals surface area contributed by atoms with Crippen LogP contribution in [0, 0.1) is 27.7 Å². The van der Waals surface area contributed by atoms with Gasteiger partial charge in [0.15, 0.2) is 0 Å². The van der Waals surface area contributed by atoms with Gasteiger partial charge in [-0.3, -0.25) is 0 Å². The monoisotopic (exact) mass is 1010 g/mol. The SMILES string of the molecule is Br.CCCCSc1nc([PH](c2ccccc2)(c2ccccc2)c2ccc(C)cc2)c(C)[nH]1.Cc1ccc([PH](c2ccccc2)(c2ccccc2)c2nc(SCc3ccccc3)[nH]c2C)cc1. The van der Waals surface area contributed by atoms with Gasteiger partial charge in [-0.2, -0.15) is 0 Å². The zero-order chi connectivity index (χ0) is 45.1.